The average molecular weight is 1230 g/mol. The minimum Gasteiger partial charge on any atom is -0.459 e. The maximum atomic E-state index is 13.3. The Bertz CT molecular complexity index is 2750. The Morgan fingerprint density at radius 2 is 0.885 bits per heavy atom. The molecule has 6 aliphatic rings. The fourth-order valence-corrected chi connectivity index (χ4v) is 13.3. The fraction of sp³-hybridized carbons (Fsp3) is 0.734. The van der Waals surface area contributed by atoms with Crippen LogP contribution in [0.3, 0.4) is 0 Å². The number of aliphatic hydroxyl groups excluding tert-OH is 1. The van der Waals surface area contributed by atoms with Crippen LogP contribution in [0.15, 0.2) is 45.6 Å². The molecule has 23 nitrogen and oxygen atoms in total. The van der Waals surface area contributed by atoms with Gasteiger partial charge in [-0.05, 0) is 111 Å². The van der Waals surface area contributed by atoms with Gasteiger partial charge in [0.15, 0.2) is 59.0 Å². The summed E-state index contributed by atoms with van der Waals surface area (Å²) >= 11 is 0. The lowest BCUT2D eigenvalue weighted by Gasteiger charge is -2.41. The van der Waals surface area contributed by atoms with Gasteiger partial charge >= 0.3 is 53.7 Å². The van der Waals surface area contributed by atoms with Crippen LogP contribution in [-0.2, 0) is 85.8 Å². The molecule has 4 fully saturated rings. The first kappa shape index (κ1) is 71.7. The van der Waals surface area contributed by atoms with Crippen molar-refractivity contribution in [1.82, 2.24) is 0 Å². The van der Waals surface area contributed by atoms with Crippen LogP contribution >= 0.6 is 0 Å². The topological polar surface area (TPSA) is 338 Å². The van der Waals surface area contributed by atoms with Gasteiger partial charge in [-0.1, -0.05) is 84.3 Å². The summed E-state index contributed by atoms with van der Waals surface area (Å²) in [6.45, 7) is 23.0. The highest BCUT2D eigenvalue weighted by molar-refractivity contribution is 5.89. The summed E-state index contributed by atoms with van der Waals surface area (Å²) in [7, 11) is 0. The zero-order chi connectivity index (χ0) is 65.5. The summed E-state index contributed by atoms with van der Waals surface area (Å²) in [6, 6.07) is 0. The van der Waals surface area contributed by atoms with Crippen LogP contribution in [0.2, 0.25) is 0 Å². The number of carbonyl (C=O) groups excluding carboxylic acids is 9. The zero-order valence-corrected chi connectivity index (χ0v) is 53.3. The molecule has 23 heteroatoms. The summed E-state index contributed by atoms with van der Waals surface area (Å²) in [5.41, 5.74) is -12.1. The van der Waals surface area contributed by atoms with Crippen LogP contribution in [-0.4, -0.2) is 162 Å². The van der Waals surface area contributed by atoms with E-state index >= 15 is 0 Å². The van der Waals surface area contributed by atoms with Crippen LogP contribution in [0.1, 0.15) is 207 Å². The number of hydrogen-bond donors (Lipinski definition) is 5. The molecule has 87 heavy (non-hydrogen) atoms. The van der Waals surface area contributed by atoms with Crippen LogP contribution in [0.5, 0.6) is 0 Å². The molecule has 0 radical (unpaired) electrons. The Morgan fingerprint density at radius 3 is 1.26 bits per heavy atom. The van der Waals surface area contributed by atoms with E-state index in [1.165, 1.54) is 27.7 Å². The van der Waals surface area contributed by atoms with E-state index in [0.717, 1.165) is 65.2 Å². The van der Waals surface area contributed by atoms with Crippen molar-refractivity contribution in [3.8, 4) is 0 Å². The minimum atomic E-state index is -2.57. The van der Waals surface area contributed by atoms with Gasteiger partial charge in [-0.25, -0.2) is 19.2 Å². The van der Waals surface area contributed by atoms with Crippen molar-refractivity contribution in [2.75, 3.05) is 0 Å². The third-order valence-corrected chi connectivity index (χ3v) is 18.3. The van der Waals surface area contributed by atoms with Crippen LogP contribution < -0.4 is 0 Å². The van der Waals surface area contributed by atoms with E-state index < -0.39 is 161 Å². The quantitative estimate of drug-likeness (QED) is 0.0239. The van der Waals surface area contributed by atoms with E-state index in [2.05, 4.69) is 13.8 Å². The minimum absolute atomic E-state index is 0.0234. The van der Waals surface area contributed by atoms with Crippen molar-refractivity contribution in [1.29, 1.82) is 0 Å². The van der Waals surface area contributed by atoms with Gasteiger partial charge in [0.2, 0.25) is 0 Å². The third-order valence-electron chi connectivity index (χ3n) is 18.3. The second-order valence-corrected chi connectivity index (χ2v) is 24.9. The maximum Gasteiger partial charge on any atom is 0.341 e. The number of allylic oxidation sites excluding steroid dienone is 2. The SMILES string of the molecule is C/C=C(/C)C(=O)O[C@H]1C(C)=C2[C@H]([C@@H]1OC(=O)CCCCCCC)[C@@](C)(OC(C)=O)C[C@H](O)[C@@]1(O)[C@H]2OC(=O)[C@@]1(C)O.C/C=C(/C)C(=O)O[C@H]1C(C)=C2[C@H]([C@@H]1OC(=O)CCCCCCC)[C@@](C)(OC(C)=O)C[C@H](OC(=O)CCC)[C@@]1(O)[C@H]2OC(=O)[C@@]1(C)O. The van der Waals surface area contributed by atoms with Gasteiger partial charge < -0.3 is 68.2 Å². The van der Waals surface area contributed by atoms with Crippen molar-refractivity contribution in [3.05, 3.63) is 45.6 Å². The number of fused-ring (bicyclic) bond motifs is 6. The molecule has 0 spiro atoms. The predicted octanol–water partition coefficient (Wildman–Crippen LogP) is 6.50. The molecule has 2 saturated heterocycles. The monoisotopic (exact) mass is 1230 g/mol. The molecular formula is C64H94O23. The number of carbonyl (C=O) groups is 9. The van der Waals surface area contributed by atoms with Crippen molar-refractivity contribution >= 4 is 53.7 Å². The fourth-order valence-electron chi connectivity index (χ4n) is 13.3. The molecule has 0 bridgehead atoms. The zero-order valence-electron chi connectivity index (χ0n) is 53.3. The molecule has 0 aromatic rings. The molecule has 2 saturated carbocycles. The largest absolute Gasteiger partial charge is 0.459 e. The molecule has 2 heterocycles. The van der Waals surface area contributed by atoms with Gasteiger partial charge in [0.05, 0.1) is 17.9 Å². The number of rotatable bonds is 23. The highest BCUT2D eigenvalue weighted by Gasteiger charge is 2.77. The molecular weight excluding hydrogens is 1140 g/mol. The number of aliphatic hydroxyl groups is 5. The second-order valence-electron chi connectivity index (χ2n) is 24.9. The van der Waals surface area contributed by atoms with Gasteiger partial charge in [0.1, 0.15) is 17.3 Å². The van der Waals surface area contributed by atoms with Crippen LogP contribution in [0.4, 0.5) is 0 Å². The number of unbranched alkanes of at least 4 members (excludes halogenated alkanes) is 8. The summed E-state index contributed by atoms with van der Waals surface area (Å²) in [6.07, 6.45) is 0.105. The summed E-state index contributed by atoms with van der Waals surface area (Å²) < 4.78 is 52.4. The van der Waals surface area contributed by atoms with E-state index in [1.54, 1.807) is 60.6 Å². The first-order valence-electron chi connectivity index (χ1n) is 30.6. The molecule has 0 amide bonds. The van der Waals surface area contributed by atoms with Crippen molar-refractivity contribution in [3.63, 3.8) is 0 Å². The maximum absolute atomic E-state index is 13.3. The highest BCUT2D eigenvalue weighted by atomic mass is 16.6. The Hall–Kier alpha value is -6.01. The summed E-state index contributed by atoms with van der Waals surface area (Å²) in [5.74, 6) is -9.26. The first-order chi connectivity index (χ1) is 40.6. The Balaban J connectivity index is 0.000000319. The molecule has 0 aromatic heterocycles. The van der Waals surface area contributed by atoms with Gasteiger partial charge in [0, 0.05) is 57.1 Å². The number of esters is 9. The molecule has 2 aliphatic heterocycles. The predicted molar refractivity (Wildman–Crippen MR) is 309 cm³/mol. The standard InChI is InChI=1S/C34H50O12.C30H44O11/c1-9-12-13-14-15-17-24(37)43-28-26-25(20(5)27(28)44-30(38)19(4)11-3)29-34(41,33(8,40)31(39)45-29)22(42-23(36)16-10-2)18-32(26,7)46-21(6)35;1-8-10-11-12-13-14-20(33)38-24-22-21(17(4)23(24)39-26(34)16(3)9-2)25-30(37,29(7,36)27(35)40-25)19(32)15-28(22,6)41-18(5)31/h11,22,26-29,40-41H,9-10,12-18H2,1-8H3;9,19,22-25,32,36-37H,8,10-15H2,1-7H3/b19-11-;16-9-/t22-,26+,27-,28-,29-,32-,33+,34+;19-,22+,23-,24-,25-,28-,29+,30+/m00/s1. The lowest BCUT2D eigenvalue weighted by Crippen LogP contribution is -2.64. The van der Waals surface area contributed by atoms with Crippen molar-refractivity contribution < 1.29 is 111 Å². The smallest absolute Gasteiger partial charge is 0.341 e. The van der Waals surface area contributed by atoms with Crippen molar-refractivity contribution in [2.45, 2.75) is 289 Å². The molecule has 488 valence electrons. The molecule has 5 N–H and O–H groups in total. The normalized spacial score (nSPS) is 35.2. The molecule has 0 aromatic carbocycles. The van der Waals surface area contributed by atoms with Gasteiger partial charge in [-0.2, -0.15) is 0 Å². The summed E-state index contributed by atoms with van der Waals surface area (Å²) in [5, 5.41) is 58.0. The van der Waals surface area contributed by atoms with Crippen LogP contribution in [0.25, 0.3) is 0 Å². The van der Waals surface area contributed by atoms with Gasteiger partial charge in [-0.15, -0.1) is 0 Å². The van der Waals surface area contributed by atoms with Crippen LogP contribution in [0, 0.1) is 11.8 Å². The van der Waals surface area contributed by atoms with Gasteiger partial charge in [-0.3, -0.25) is 24.0 Å². The lowest BCUT2D eigenvalue weighted by molar-refractivity contribution is -0.212. The third kappa shape index (κ3) is 14.2. The average Bonchev–Trinajstić information content (AvgIpc) is 1.54. The van der Waals surface area contributed by atoms with Crippen molar-refractivity contribution in [2.24, 2.45) is 11.8 Å². The molecule has 6 rings (SSSR count). The van der Waals surface area contributed by atoms with E-state index in [0.29, 0.717) is 24.8 Å². The Kier molecular flexibility index (Phi) is 23.6. The Morgan fingerprint density at radius 1 is 0.517 bits per heavy atom. The molecule has 4 aliphatic carbocycles. The van der Waals surface area contributed by atoms with E-state index in [9.17, 15) is 68.7 Å². The molecule has 16 atom stereocenters. The number of ether oxygens (including phenoxy) is 9. The lowest BCUT2D eigenvalue weighted by atomic mass is 9.75. The second kappa shape index (κ2) is 28.6. The first-order valence-corrected chi connectivity index (χ1v) is 30.6. The number of hydrogen-bond acceptors (Lipinski definition) is 23. The van der Waals surface area contributed by atoms with E-state index in [-0.39, 0.29) is 47.1 Å². The van der Waals surface area contributed by atoms with Gasteiger partial charge in [0.25, 0.3) is 0 Å². The summed E-state index contributed by atoms with van der Waals surface area (Å²) in [4.78, 5) is 116. The highest BCUT2D eigenvalue weighted by Crippen LogP contribution is 2.59. The van der Waals surface area contributed by atoms with E-state index in [1.807, 2.05) is 0 Å². The molecule has 0 unspecified atom stereocenters. The van der Waals surface area contributed by atoms with E-state index in [4.69, 9.17) is 42.6 Å². The Labute approximate surface area is 509 Å².